The Labute approximate surface area is 186 Å². The Hall–Kier alpha value is -2.58. The molecule has 1 unspecified atom stereocenters. The van der Waals surface area contributed by atoms with Gasteiger partial charge < -0.3 is 15.3 Å². The zero-order valence-electron chi connectivity index (χ0n) is 18.3. The van der Waals surface area contributed by atoms with Crippen molar-refractivity contribution in [3.8, 4) is 27.4 Å². The molecule has 0 aliphatic carbocycles. The molecule has 164 valence electrons. The molecule has 2 aromatic heterocycles. The van der Waals surface area contributed by atoms with E-state index in [-0.39, 0.29) is 11.3 Å². The van der Waals surface area contributed by atoms with Gasteiger partial charge in [-0.2, -0.15) is 0 Å². The molecule has 3 aromatic rings. The van der Waals surface area contributed by atoms with E-state index in [1.165, 1.54) is 23.5 Å². The number of aromatic nitrogens is 3. The van der Waals surface area contributed by atoms with Crippen LogP contribution in [0.2, 0.25) is 0 Å². The van der Waals surface area contributed by atoms with Crippen LogP contribution in [0, 0.1) is 18.7 Å². The number of rotatable bonds is 5. The number of nitrogens with zero attached hydrogens (tertiary/aromatic N) is 4. The summed E-state index contributed by atoms with van der Waals surface area (Å²) in [5.41, 5.74) is 1.22. The smallest absolute Gasteiger partial charge is 0.151 e. The first kappa shape index (κ1) is 21.6. The lowest BCUT2D eigenvalue weighted by molar-refractivity contribution is 0.383. The van der Waals surface area contributed by atoms with Crippen LogP contribution < -0.4 is 10.2 Å². The van der Waals surface area contributed by atoms with Crippen LogP contribution in [0.5, 0.6) is 5.75 Å². The highest BCUT2D eigenvalue weighted by molar-refractivity contribution is 7.15. The SMILES string of the molecule is Cc1ncc(-c2cc(O)c(-c3ccc(N4CCC(CNC(C)(C)C)C4)nn3)cc2F)s1. The lowest BCUT2D eigenvalue weighted by Gasteiger charge is -2.23. The fourth-order valence-electron chi connectivity index (χ4n) is 3.74. The maximum absolute atomic E-state index is 14.7. The molecule has 31 heavy (non-hydrogen) atoms. The van der Waals surface area contributed by atoms with Gasteiger partial charge in [-0.15, -0.1) is 21.5 Å². The average molecular weight is 442 g/mol. The van der Waals surface area contributed by atoms with E-state index >= 15 is 0 Å². The molecule has 4 rings (SSSR count). The lowest BCUT2D eigenvalue weighted by Crippen LogP contribution is -2.39. The van der Waals surface area contributed by atoms with Gasteiger partial charge in [0.1, 0.15) is 11.6 Å². The van der Waals surface area contributed by atoms with E-state index < -0.39 is 5.82 Å². The Morgan fingerprint density at radius 3 is 2.68 bits per heavy atom. The first-order chi connectivity index (χ1) is 14.7. The first-order valence-corrected chi connectivity index (χ1v) is 11.3. The molecule has 1 atom stereocenters. The maximum atomic E-state index is 14.7. The van der Waals surface area contributed by atoms with Crippen molar-refractivity contribution >= 4 is 17.2 Å². The van der Waals surface area contributed by atoms with Gasteiger partial charge in [-0.25, -0.2) is 9.37 Å². The molecule has 1 fully saturated rings. The van der Waals surface area contributed by atoms with Crippen molar-refractivity contribution in [1.29, 1.82) is 0 Å². The van der Waals surface area contributed by atoms with E-state index in [0.29, 0.717) is 27.6 Å². The van der Waals surface area contributed by atoms with E-state index in [4.69, 9.17) is 0 Å². The number of hydrogen-bond acceptors (Lipinski definition) is 7. The van der Waals surface area contributed by atoms with E-state index in [1.54, 1.807) is 12.3 Å². The fraction of sp³-hybridized carbons (Fsp3) is 0.435. The van der Waals surface area contributed by atoms with Crippen LogP contribution in [0.25, 0.3) is 21.7 Å². The van der Waals surface area contributed by atoms with Gasteiger partial charge in [-0.3, -0.25) is 0 Å². The fourth-order valence-corrected chi connectivity index (χ4v) is 4.53. The van der Waals surface area contributed by atoms with E-state index in [0.717, 1.165) is 36.9 Å². The summed E-state index contributed by atoms with van der Waals surface area (Å²) in [6.07, 6.45) is 2.73. The number of thiazole rings is 1. The normalized spacial score (nSPS) is 16.8. The first-order valence-electron chi connectivity index (χ1n) is 10.5. The van der Waals surface area contributed by atoms with Crippen molar-refractivity contribution in [2.24, 2.45) is 5.92 Å². The van der Waals surface area contributed by atoms with Crippen LogP contribution in [0.15, 0.2) is 30.5 Å². The Morgan fingerprint density at radius 1 is 1.23 bits per heavy atom. The molecule has 1 aliphatic heterocycles. The van der Waals surface area contributed by atoms with Crippen molar-refractivity contribution in [1.82, 2.24) is 20.5 Å². The third-order valence-electron chi connectivity index (χ3n) is 5.43. The second-order valence-corrected chi connectivity index (χ2v) is 10.3. The monoisotopic (exact) mass is 441 g/mol. The standard InChI is InChI=1S/C23H28FN5OS/c1-14-25-12-21(31-14)16-10-20(30)17(9-18(16)24)19-5-6-22(28-27-19)29-8-7-15(13-29)11-26-23(2,3)4/h5-6,9-10,12,15,26,30H,7-8,11,13H2,1-4H3. The molecule has 0 radical (unpaired) electrons. The molecule has 2 N–H and O–H groups in total. The summed E-state index contributed by atoms with van der Waals surface area (Å²) in [5, 5.41) is 23.5. The number of phenols is 1. The van der Waals surface area contributed by atoms with Crippen LogP contribution in [-0.2, 0) is 0 Å². The number of anilines is 1. The van der Waals surface area contributed by atoms with Crippen LogP contribution in [0.4, 0.5) is 10.2 Å². The van der Waals surface area contributed by atoms with Crippen molar-refractivity contribution in [2.45, 2.75) is 39.7 Å². The molecule has 1 aromatic carbocycles. The number of aromatic hydroxyl groups is 1. The van der Waals surface area contributed by atoms with Gasteiger partial charge in [0.2, 0.25) is 0 Å². The van der Waals surface area contributed by atoms with Gasteiger partial charge in [0.15, 0.2) is 5.82 Å². The van der Waals surface area contributed by atoms with Crippen LogP contribution in [0.1, 0.15) is 32.2 Å². The number of benzene rings is 1. The summed E-state index contributed by atoms with van der Waals surface area (Å²) in [4.78, 5) is 7.07. The third kappa shape index (κ3) is 5.02. The number of aryl methyl sites for hydroxylation is 1. The second-order valence-electron chi connectivity index (χ2n) is 9.10. The molecule has 0 saturated carbocycles. The van der Waals surface area contributed by atoms with E-state index in [1.807, 2.05) is 13.0 Å². The summed E-state index contributed by atoms with van der Waals surface area (Å²) in [6, 6.07) is 6.42. The van der Waals surface area contributed by atoms with Crippen molar-refractivity contribution in [2.75, 3.05) is 24.5 Å². The van der Waals surface area contributed by atoms with E-state index in [2.05, 4.69) is 46.2 Å². The van der Waals surface area contributed by atoms with Crippen LogP contribution in [-0.4, -0.2) is 45.5 Å². The Bertz CT molecular complexity index is 1060. The molecule has 0 spiro atoms. The van der Waals surface area contributed by atoms with Crippen LogP contribution >= 0.6 is 11.3 Å². The molecule has 8 heteroatoms. The van der Waals surface area contributed by atoms with Gasteiger partial charge in [-0.05, 0) is 64.3 Å². The van der Waals surface area contributed by atoms with Gasteiger partial charge in [0.05, 0.1) is 15.6 Å². The Morgan fingerprint density at radius 2 is 2.03 bits per heavy atom. The summed E-state index contributed by atoms with van der Waals surface area (Å²) < 4.78 is 14.7. The molecule has 6 nitrogen and oxygen atoms in total. The predicted molar refractivity (Wildman–Crippen MR) is 123 cm³/mol. The van der Waals surface area contributed by atoms with Crippen molar-refractivity contribution in [3.63, 3.8) is 0 Å². The summed E-state index contributed by atoms with van der Waals surface area (Å²) >= 11 is 1.39. The molecule has 0 bridgehead atoms. The van der Waals surface area contributed by atoms with Crippen LogP contribution in [0.3, 0.4) is 0 Å². The van der Waals surface area contributed by atoms with Crippen molar-refractivity contribution in [3.05, 3.63) is 41.3 Å². The zero-order valence-corrected chi connectivity index (χ0v) is 19.1. The second kappa shape index (κ2) is 8.51. The van der Waals surface area contributed by atoms with Gasteiger partial charge in [0.25, 0.3) is 0 Å². The molecular weight excluding hydrogens is 413 g/mol. The molecule has 0 amide bonds. The van der Waals surface area contributed by atoms with Gasteiger partial charge >= 0.3 is 0 Å². The largest absolute Gasteiger partial charge is 0.507 e. The van der Waals surface area contributed by atoms with Gasteiger partial charge in [-0.1, -0.05) is 0 Å². The molecular formula is C23H28FN5OS. The number of nitrogens with one attached hydrogen (secondary N) is 1. The zero-order chi connectivity index (χ0) is 22.2. The molecule has 3 heterocycles. The summed E-state index contributed by atoms with van der Waals surface area (Å²) in [6.45, 7) is 11.2. The average Bonchev–Trinajstić information content (AvgIpc) is 3.37. The minimum atomic E-state index is -0.420. The van der Waals surface area contributed by atoms with E-state index in [9.17, 15) is 9.50 Å². The summed E-state index contributed by atoms with van der Waals surface area (Å²) in [5.74, 6) is 0.926. The summed E-state index contributed by atoms with van der Waals surface area (Å²) in [7, 11) is 0. The predicted octanol–water partition coefficient (Wildman–Crippen LogP) is 4.63. The number of phenolic OH excluding ortho intramolecular Hbond substituents is 1. The minimum Gasteiger partial charge on any atom is -0.507 e. The Kier molecular flexibility index (Phi) is 5.94. The van der Waals surface area contributed by atoms with Crippen molar-refractivity contribution < 1.29 is 9.50 Å². The quantitative estimate of drug-likeness (QED) is 0.601. The third-order valence-corrected chi connectivity index (χ3v) is 6.38. The Balaban J connectivity index is 1.48. The number of hydrogen-bond donors (Lipinski definition) is 2. The van der Waals surface area contributed by atoms with Gasteiger partial charge in [0, 0.05) is 42.5 Å². The highest BCUT2D eigenvalue weighted by Gasteiger charge is 2.25. The molecule has 1 saturated heterocycles. The number of halogens is 1. The topological polar surface area (TPSA) is 74.2 Å². The highest BCUT2D eigenvalue weighted by atomic mass is 32.1. The maximum Gasteiger partial charge on any atom is 0.151 e. The lowest BCUT2D eigenvalue weighted by atomic mass is 10.1. The molecule has 1 aliphatic rings. The minimum absolute atomic E-state index is 0.0287. The highest BCUT2D eigenvalue weighted by Crippen LogP contribution is 2.37.